The summed E-state index contributed by atoms with van der Waals surface area (Å²) in [6.45, 7) is 2.13. The first-order valence-corrected chi connectivity index (χ1v) is 6.94. The number of nitrogens with zero attached hydrogens (tertiary/aromatic N) is 2. The van der Waals surface area contributed by atoms with E-state index < -0.39 is 17.9 Å². The van der Waals surface area contributed by atoms with Gasteiger partial charge in [-0.25, -0.2) is 13.6 Å². The monoisotopic (exact) mass is 290 g/mol. The van der Waals surface area contributed by atoms with Crippen molar-refractivity contribution in [2.75, 3.05) is 6.54 Å². The fourth-order valence-corrected chi connectivity index (χ4v) is 2.67. The Morgan fingerprint density at radius 2 is 2.32 bits per heavy atom. The third-order valence-corrected chi connectivity index (χ3v) is 4.15. The van der Waals surface area contributed by atoms with Crippen LogP contribution in [0, 0.1) is 12.8 Å². The second kappa shape index (κ2) is 5.77. The largest absolute Gasteiger partial charge is 0.338 e. The highest BCUT2D eigenvalue weighted by molar-refractivity contribution is 7.05. The number of carbonyl (C=O) groups is 1. The van der Waals surface area contributed by atoms with Gasteiger partial charge in [-0.3, -0.25) is 0 Å². The van der Waals surface area contributed by atoms with E-state index in [0.29, 0.717) is 19.4 Å². The van der Waals surface area contributed by atoms with Gasteiger partial charge in [0, 0.05) is 18.9 Å². The number of nitrogens with one attached hydrogen (secondary N) is 2. The van der Waals surface area contributed by atoms with Crippen LogP contribution >= 0.6 is 11.5 Å². The molecule has 0 saturated heterocycles. The molecule has 0 aromatic carbocycles. The zero-order chi connectivity index (χ0) is 13.9. The molecule has 1 fully saturated rings. The minimum Gasteiger partial charge on any atom is -0.338 e. The number of rotatable bonds is 4. The molecular formula is C11H16F2N4OS. The Bertz CT molecular complexity index is 452. The molecule has 0 radical (unpaired) electrons. The molecule has 1 unspecified atom stereocenters. The van der Waals surface area contributed by atoms with Gasteiger partial charge in [0.1, 0.15) is 0 Å². The van der Waals surface area contributed by atoms with Crippen molar-refractivity contribution in [3.05, 3.63) is 10.6 Å². The molecule has 1 aromatic rings. The standard InChI is InChI=1S/C11H16F2N4OS/c1-7-9(19-17-16-7)6-15-10(18)14-5-8-3-2-4-11(8,12)13/h8H,2-6H2,1H3,(H2,14,15,18). The first-order valence-electron chi connectivity index (χ1n) is 6.16. The molecule has 0 aliphatic heterocycles. The maximum Gasteiger partial charge on any atom is 0.315 e. The number of urea groups is 1. The molecule has 1 heterocycles. The van der Waals surface area contributed by atoms with Gasteiger partial charge in [-0.05, 0) is 31.3 Å². The lowest BCUT2D eigenvalue weighted by Crippen LogP contribution is -2.40. The number of halogens is 2. The third kappa shape index (κ3) is 3.59. The lowest BCUT2D eigenvalue weighted by molar-refractivity contribution is -0.0349. The van der Waals surface area contributed by atoms with E-state index in [2.05, 4.69) is 20.2 Å². The van der Waals surface area contributed by atoms with E-state index in [-0.39, 0.29) is 13.0 Å². The van der Waals surface area contributed by atoms with Gasteiger partial charge in [0.2, 0.25) is 0 Å². The Morgan fingerprint density at radius 3 is 2.89 bits per heavy atom. The maximum atomic E-state index is 13.3. The highest BCUT2D eigenvalue weighted by Gasteiger charge is 2.43. The van der Waals surface area contributed by atoms with Crippen LogP contribution in [0.25, 0.3) is 0 Å². The Kier molecular flexibility index (Phi) is 4.28. The quantitative estimate of drug-likeness (QED) is 0.892. The summed E-state index contributed by atoms with van der Waals surface area (Å²) >= 11 is 1.21. The van der Waals surface area contributed by atoms with Crippen molar-refractivity contribution in [2.45, 2.75) is 38.7 Å². The van der Waals surface area contributed by atoms with Gasteiger partial charge < -0.3 is 10.6 Å². The smallest absolute Gasteiger partial charge is 0.315 e. The van der Waals surface area contributed by atoms with Crippen LogP contribution in [0.4, 0.5) is 13.6 Å². The van der Waals surface area contributed by atoms with Crippen molar-refractivity contribution in [1.82, 2.24) is 20.2 Å². The molecule has 1 atom stereocenters. The van der Waals surface area contributed by atoms with Crippen molar-refractivity contribution in [3.63, 3.8) is 0 Å². The number of aryl methyl sites for hydroxylation is 1. The Hall–Kier alpha value is -1.31. The molecule has 106 valence electrons. The predicted molar refractivity (Wildman–Crippen MR) is 67.2 cm³/mol. The van der Waals surface area contributed by atoms with Crippen molar-refractivity contribution in [3.8, 4) is 0 Å². The summed E-state index contributed by atoms with van der Waals surface area (Å²) in [6.07, 6.45) is 0.907. The third-order valence-electron chi connectivity index (χ3n) is 3.32. The van der Waals surface area contributed by atoms with Gasteiger partial charge in [-0.2, -0.15) is 0 Å². The van der Waals surface area contributed by atoms with Crippen molar-refractivity contribution in [1.29, 1.82) is 0 Å². The van der Waals surface area contributed by atoms with E-state index in [9.17, 15) is 13.6 Å². The summed E-state index contributed by atoms with van der Waals surface area (Å²) in [5, 5.41) is 8.93. The van der Waals surface area contributed by atoms with Gasteiger partial charge in [0.15, 0.2) is 0 Å². The van der Waals surface area contributed by atoms with E-state index >= 15 is 0 Å². The summed E-state index contributed by atoms with van der Waals surface area (Å²) in [4.78, 5) is 12.4. The Morgan fingerprint density at radius 1 is 1.53 bits per heavy atom. The molecule has 1 aliphatic carbocycles. The van der Waals surface area contributed by atoms with E-state index in [1.165, 1.54) is 11.5 Å². The van der Waals surface area contributed by atoms with Gasteiger partial charge in [0.25, 0.3) is 5.92 Å². The summed E-state index contributed by atoms with van der Waals surface area (Å²) in [5.74, 6) is -3.39. The molecule has 1 saturated carbocycles. The topological polar surface area (TPSA) is 66.9 Å². The average molecular weight is 290 g/mol. The van der Waals surface area contributed by atoms with Crippen LogP contribution in [0.2, 0.25) is 0 Å². The van der Waals surface area contributed by atoms with E-state index in [1.54, 1.807) is 6.92 Å². The average Bonchev–Trinajstić information content (AvgIpc) is 2.90. The molecule has 2 rings (SSSR count). The molecule has 19 heavy (non-hydrogen) atoms. The number of hydrogen-bond acceptors (Lipinski definition) is 4. The summed E-state index contributed by atoms with van der Waals surface area (Å²) in [6, 6.07) is -0.435. The molecule has 0 spiro atoms. The van der Waals surface area contributed by atoms with Gasteiger partial charge in [0.05, 0.1) is 17.1 Å². The number of aromatic nitrogens is 2. The highest BCUT2D eigenvalue weighted by Crippen LogP contribution is 2.39. The summed E-state index contributed by atoms with van der Waals surface area (Å²) in [5.41, 5.74) is 0.771. The van der Waals surface area contributed by atoms with Gasteiger partial charge in [-0.1, -0.05) is 4.49 Å². The minimum absolute atomic E-state index is 0.0127. The molecule has 0 bridgehead atoms. The van der Waals surface area contributed by atoms with Crippen LogP contribution in [0.3, 0.4) is 0 Å². The molecule has 5 nitrogen and oxygen atoms in total. The number of carbonyl (C=O) groups excluding carboxylic acids is 1. The molecule has 2 amide bonds. The SMILES string of the molecule is Cc1nnsc1CNC(=O)NCC1CCCC1(F)F. The normalized spacial score (nSPS) is 21.3. The molecule has 2 N–H and O–H groups in total. The van der Waals surface area contributed by atoms with Crippen LogP contribution in [0.1, 0.15) is 29.8 Å². The molecule has 1 aromatic heterocycles. The maximum absolute atomic E-state index is 13.3. The Balaban J connectivity index is 1.72. The molecule has 1 aliphatic rings. The van der Waals surface area contributed by atoms with Crippen molar-refractivity contribution < 1.29 is 13.6 Å². The van der Waals surface area contributed by atoms with Crippen LogP contribution < -0.4 is 10.6 Å². The summed E-state index contributed by atoms with van der Waals surface area (Å²) < 4.78 is 30.4. The van der Waals surface area contributed by atoms with E-state index in [1.807, 2.05) is 0 Å². The fraction of sp³-hybridized carbons (Fsp3) is 0.727. The van der Waals surface area contributed by atoms with Crippen LogP contribution in [-0.2, 0) is 6.54 Å². The first kappa shape index (κ1) is 14.1. The lowest BCUT2D eigenvalue weighted by Gasteiger charge is -2.19. The van der Waals surface area contributed by atoms with Gasteiger partial charge in [-0.15, -0.1) is 5.10 Å². The second-order valence-electron chi connectivity index (χ2n) is 4.70. The van der Waals surface area contributed by atoms with Crippen molar-refractivity contribution >= 4 is 17.6 Å². The summed E-state index contributed by atoms with van der Waals surface area (Å²) in [7, 11) is 0. The zero-order valence-corrected chi connectivity index (χ0v) is 11.4. The minimum atomic E-state index is -2.65. The van der Waals surface area contributed by atoms with Crippen LogP contribution in [-0.4, -0.2) is 28.1 Å². The van der Waals surface area contributed by atoms with E-state index in [0.717, 1.165) is 10.6 Å². The van der Waals surface area contributed by atoms with Crippen LogP contribution in [0.5, 0.6) is 0 Å². The van der Waals surface area contributed by atoms with E-state index in [4.69, 9.17) is 0 Å². The number of amides is 2. The fourth-order valence-electron chi connectivity index (χ4n) is 2.10. The predicted octanol–water partition coefficient (Wildman–Crippen LogP) is 2.08. The number of alkyl halides is 2. The molecule has 8 heteroatoms. The van der Waals surface area contributed by atoms with Crippen LogP contribution in [0.15, 0.2) is 0 Å². The van der Waals surface area contributed by atoms with Gasteiger partial charge >= 0.3 is 6.03 Å². The highest BCUT2D eigenvalue weighted by atomic mass is 32.1. The Labute approximate surface area is 113 Å². The lowest BCUT2D eigenvalue weighted by atomic mass is 10.1. The molecular weight excluding hydrogens is 274 g/mol. The first-order chi connectivity index (χ1) is 8.99. The number of hydrogen-bond donors (Lipinski definition) is 2. The zero-order valence-electron chi connectivity index (χ0n) is 10.6. The second-order valence-corrected chi connectivity index (χ2v) is 5.53. The van der Waals surface area contributed by atoms with Crippen molar-refractivity contribution in [2.24, 2.45) is 5.92 Å².